The first-order valence-electron chi connectivity index (χ1n) is 3.14. The van der Waals surface area contributed by atoms with E-state index in [1.807, 2.05) is 0 Å². The van der Waals surface area contributed by atoms with Crippen molar-refractivity contribution in [3.05, 3.63) is 28.2 Å². The van der Waals surface area contributed by atoms with Gasteiger partial charge in [-0.25, -0.2) is 0 Å². The maximum absolute atomic E-state index is 10.9. The van der Waals surface area contributed by atoms with Crippen molar-refractivity contribution < 1.29 is 10.0 Å². The van der Waals surface area contributed by atoms with E-state index in [9.17, 15) is 4.79 Å². The smallest absolute Gasteiger partial charge is 0.423 e. The monoisotopic (exact) mass is 164 g/mol. The predicted molar refractivity (Wildman–Crippen MR) is 41.6 cm³/mol. The fraction of sp³-hybridized carbons (Fsp3) is 0. The molecule has 1 heterocycles. The molecule has 60 valence electrons. The number of nitriles is 1. The van der Waals surface area contributed by atoms with Crippen LogP contribution in [0.2, 0.25) is 0 Å². The van der Waals surface area contributed by atoms with Crippen molar-refractivity contribution in [3.63, 3.8) is 0 Å². The normalized spacial score (nSPS) is 9.08. The fourth-order valence-corrected chi connectivity index (χ4v) is 0.749. The van der Waals surface area contributed by atoms with Gasteiger partial charge in [-0.1, -0.05) is 0 Å². The third-order valence-corrected chi connectivity index (χ3v) is 1.34. The standard InChI is InChI=1S/C6H5BN2O3/c8-2-4-1-6(10)5(3-9-4)7(11)12/h1,3,11-12H,(H,9,10). The van der Waals surface area contributed by atoms with Gasteiger partial charge in [-0.2, -0.15) is 5.26 Å². The molecule has 0 fully saturated rings. The van der Waals surface area contributed by atoms with E-state index in [0.29, 0.717) is 0 Å². The molecular weight excluding hydrogens is 159 g/mol. The molecule has 1 aromatic rings. The Labute approximate surface area is 68.1 Å². The number of aromatic nitrogens is 1. The Bertz CT molecular complexity index is 379. The van der Waals surface area contributed by atoms with Gasteiger partial charge in [0.2, 0.25) is 0 Å². The van der Waals surface area contributed by atoms with Crippen LogP contribution in [0.1, 0.15) is 5.69 Å². The van der Waals surface area contributed by atoms with Crippen molar-refractivity contribution in [2.24, 2.45) is 0 Å². The number of rotatable bonds is 1. The molecule has 6 heteroatoms. The highest BCUT2D eigenvalue weighted by Crippen LogP contribution is 1.82. The van der Waals surface area contributed by atoms with Gasteiger partial charge in [0.05, 0.1) is 0 Å². The van der Waals surface area contributed by atoms with Crippen molar-refractivity contribution in [2.45, 2.75) is 0 Å². The van der Waals surface area contributed by atoms with E-state index in [0.717, 1.165) is 12.3 Å². The summed E-state index contributed by atoms with van der Waals surface area (Å²) in [6.45, 7) is 0. The molecule has 0 atom stereocenters. The van der Waals surface area contributed by atoms with Crippen molar-refractivity contribution in [1.82, 2.24) is 4.98 Å². The molecule has 1 rings (SSSR count). The zero-order chi connectivity index (χ0) is 9.14. The lowest BCUT2D eigenvalue weighted by Crippen LogP contribution is -2.41. The third kappa shape index (κ3) is 1.53. The van der Waals surface area contributed by atoms with Gasteiger partial charge in [0.15, 0.2) is 5.43 Å². The van der Waals surface area contributed by atoms with Crippen LogP contribution in [0, 0.1) is 11.3 Å². The molecule has 0 saturated carbocycles. The van der Waals surface area contributed by atoms with Crippen LogP contribution in [0.5, 0.6) is 0 Å². The molecule has 0 aliphatic heterocycles. The lowest BCUT2D eigenvalue weighted by Gasteiger charge is -1.96. The quantitative estimate of drug-likeness (QED) is 0.415. The number of nitrogens with one attached hydrogen (secondary N) is 1. The van der Waals surface area contributed by atoms with E-state index in [4.69, 9.17) is 15.3 Å². The van der Waals surface area contributed by atoms with Crippen LogP contribution < -0.4 is 10.9 Å². The summed E-state index contributed by atoms with van der Waals surface area (Å²) in [6, 6.07) is 2.72. The van der Waals surface area contributed by atoms with Crippen LogP contribution in [-0.2, 0) is 0 Å². The summed E-state index contributed by atoms with van der Waals surface area (Å²) in [4.78, 5) is 13.4. The van der Waals surface area contributed by atoms with E-state index in [-0.39, 0.29) is 11.2 Å². The zero-order valence-electron chi connectivity index (χ0n) is 5.98. The lowest BCUT2D eigenvalue weighted by molar-refractivity contribution is 0.425. The molecule has 0 aliphatic carbocycles. The number of pyridine rings is 1. The second kappa shape index (κ2) is 3.22. The van der Waals surface area contributed by atoms with Gasteiger partial charge in [-0.3, -0.25) is 4.79 Å². The Hall–Kier alpha value is -1.58. The second-order valence-corrected chi connectivity index (χ2v) is 2.15. The average molecular weight is 164 g/mol. The Morgan fingerprint density at radius 1 is 1.58 bits per heavy atom. The van der Waals surface area contributed by atoms with Gasteiger partial charge in [0.1, 0.15) is 11.8 Å². The molecule has 3 N–H and O–H groups in total. The third-order valence-electron chi connectivity index (χ3n) is 1.34. The number of nitrogens with zero attached hydrogens (tertiary/aromatic N) is 1. The fourth-order valence-electron chi connectivity index (χ4n) is 0.749. The second-order valence-electron chi connectivity index (χ2n) is 2.15. The minimum atomic E-state index is -1.80. The Balaban J connectivity index is 3.24. The van der Waals surface area contributed by atoms with Crippen molar-refractivity contribution in [1.29, 1.82) is 5.26 Å². The summed E-state index contributed by atoms with van der Waals surface area (Å²) < 4.78 is 0. The molecule has 0 radical (unpaired) electrons. The molecule has 0 unspecified atom stereocenters. The highest BCUT2D eigenvalue weighted by molar-refractivity contribution is 6.58. The number of H-pyrrole nitrogens is 1. The summed E-state index contributed by atoms with van der Waals surface area (Å²) in [7, 11) is -1.80. The first kappa shape index (κ1) is 8.52. The first-order chi connectivity index (χ1) is 5.65. The van der Waals surface area contributed by atoms with Crippen LogP contribution in [0.25, 0.3) is 0 Å². The minimum absolute atomic E-state index is 0.0874. The van der Waals surface area contributed by atoms with Crippen molar-refractivity contribution in [2.75, 3.05) is 0 Å². The Morgan fingerprint density at radius 3 is 2.67 bits per heavy atom. The van der Waals surface area contributed by atoms with Crippen LogP contribution in [-0.4, -0.2) is 22.2 Å². The van der Waals surface area contributed by atoms with Crippen LogP contribution in [0.3, 0.4) is 0 Å². The largest absolute Gasteiger partial charge is 0.493 e. The van der Waals surface area contributed by atoms with Gasteiger partial charge in [-0.05, 0) is 0 Å². The summed E-state index contributed by atoms with van der Waals surface area (Å²) in [5.41, 5.74) is -0.654. The van der Waals surface area contributed by atoms with E-state index in [2.05, 4.69) is 4.98 Å². The van der Waals surface area contributed by atoms with Crippen LogP contribution in [0.4, 0.5) is 0 Å². The molecule has 0 aromatic carbocycles. The molecule has 1 aromatic heterocycles. The Kier molecular flexibility index (Phi) is 2.28. The highest BCUT2D eigenvalue weighted by atomic mass is 16.4. The van der Waals surface area contributed by atoms with Crippen molar-refractivity contribution >= 4 is 12.6 Å². The maximum Gasteiger partial charge on any atom is 0.493 e. The van der Waals surface area contributed by atoms with E-state index < -0.39 is 12.5 Å². The van der Waals surface area contributed by atoms with Crippen LogP contribution in [0.15, 0.2) is 17.1 Å². The van der Waals surface area contributed by atoms with Gasteiger partial charge < -0.3 is 15.0 Å². The summed E-state index contributed by atoms with van der Waals surface area (Å²) >= 11 is 0. The predicted octanol–water partition coefficient (Wildman–Crippen LogP) is -2.07. The summed E-state index contributed by atoms with van der Waals surface area (Å²) in [5.74, 6) is 0. The van der Waals surface area contributed by atoms with E-state index in [1.165, 1.54) is 0 Å². The molecule has 5 nitrogen and oxygen atoms in total. The summed E-state index contributed by atoms with van der Waals surface area (Å²) in [6.07, 6.45) is 1.10. The number of hydrogen-bond acceptors (Lipinski definition) is 4. The van der Waals surface area contributed by atoms with E-state index in [1.54, 1.807) is 6.07 Å². The van der Waals surface area contributed by atoms with Gasteiger partial charge in [0, 0.05) is 17.7 Å². The Morgan fingerprint density at radius 2 is 2.25 bits per heavy atom. The van der Waals surface area contributed by atoms with Gasteiger partial charge in [0.25, 0.3) is 0 Å². The van der Waals surface area contributed by atoms with Crippen LogP contribution >= 0.6 is 0 Å². The zero-order valence-corrected chi connectivity index (χ0v) is 5.98. The molecular formula is C6H5BN2O3. The molecule has 0 bridgehead atoms. The molecule has 0 spiro atoms. The lowest BCUT2D eigenvalue weighted by atomic mass is 9.81. The van der Waals surface area contributed by atoms with Gasteiger partial charge >= 0.3 is 7.12 Å². The van der Waals surface area contributed by atoms with Gasteiger partial charge in [-0.15, -0.1) is 0 Å². The minimum Gasteiger partial charge on any atom is -0.423 e. The van der Waals surface area contributed by atoms with E-state index >= 15 is 0 Å². The highest BCUT2D eigenvalue weighted by Gasteiger charge is 2.14. The number of aromatic amines is 1. The topological polar surface area (TPSA) is 97.1 Å². The molecule has 0 amide bonds. The number of hydrogen-bond donors (Lipinski definition) is 3. The van der Waals surface area contributed by atoms with Crippen molar-refractivity contribution in [3.8, 4) is 6.07 Å². The SMILES string of the molecule is N#Cc1cc(=O)c(B(O)O)c[nH]1. The molecule has 12 heavy (non-hydrogen) atoms. The summed E-state index contributed by atoms with van der Waals surface area (Å²) in [5, 5.41) is 25.6. The maximum atomic E-state index is 10.9. The first-order valence-corrected chi connectivity index (χ1v) is 3.14. The average Bonchev–Trinajstić information content (AvgIpc) is 2.03. The molecule has 0 saturated heterocycles. The molecule has 0 aliphatic rings.